The number of carbonyl (C=O) groups excluding carboxylic acids is 1. The molecule has 1 amide bonds. The highest BCUT2D eigenvalue weighted by Crippen LogP contribution is 2.20. The first-order chi connectivity index (χ1) is 8.22. The summed E-state index contributed by atoms with van der Waals surface area (Å²) in [6.45, 7) is 1.95. The molecule has 1 aromatic heterocycles. The predicted molar refractivity (Wildman–Crippen MR) is 76.1 cm³/mol. The number of benzene rings is 1. The molecule has 0 spiro atoms. The van der Waals surface area contributed by atoms with Crippen molar-refractivity contribution in [3.63, 3.8) is 0 Å². The van der Waals surface area contributed by atoms with Gasteiger partial charge in [-0.1, -0.05) is 34.1 Å². The van der Waals surface area contributed by atoms with Crippen LogP contribution in [0, 0.1) is 6.92 Å². The van der Waals surface area contributed by atoms with Crippen LogP contribution >= 0.6 is 27.3 Å². The predicted octanol–water partition coefficient (Wildman–Crippen LogP) is 4.20. The molecular formula is C13H12BrNOS. The Labute approximate surface area is 113 Å². The lowest BCUT2D eigenvalue weighted by molar-refractivity contribution is 0.102. The van der Waals surface area contributed by atoms with Crippen molar-refractivity contribution in [2.75, 3.05) is 5.32 Å². The van der Waals surface area contributed by atoms with Crippen LogP contribution in [-0.2, 0) is 5.33 Å². The van der Waals surface area contributed by atoms with Gasteiger partial charge in [-0.25, -0.2) is 0 Å². The molecule has 1 heterocycles. The van der Waals surface area contributed by atoms with Gasteiger partial charge >= 0.3 is 0 Å². The fourth-order valence-corrected chi connectivity index (χ4v) is 2.86. The van der Waals surface area contributed by atoms with E-state index in [1.807, 2.05) is 41.9 Å². The fourth-order valence-electron chi connectivity index (χ4n) is 1.54. The zero-order chi connectivity index (χ0) is 12.3. The summed E-state index contributed by atoms with van der Waals surface area (Å²) < 4.78 is 0. The Morgan fingerprint density at radius 2 is 2.12 bits per heavy atom. The van der Waals surface area contributed by atoms with Crippen molar-refractivity contribution in [3.05, 3.63) is 51.7 Å². The van der Waals surface area contributed by atoms with Crippen LogP contribution in [0.2, 0.25) is 0 Å². The molecule has 1 N–H and O–H groups in total. The van der Waals surface area contributed by atoms with E-state index in [0.717, 1.165) is 27.7 Å². The molecule has 4 heteroatoms. The maximum absolute atomic E-state index is 12.0. The fraction of sp³-hybridized carbons (Fsp3) is 0.154. The summed E-state index contributed by atoms with van der Waals surface area (Å²) >= 11 is 4.96. The number of hydrogen-bond donors (Lipinski definition) is 1. The van der Waals surface area contributed by atoms with Crippen molar-refractivity contribution in [1.82, 2.24) is 0 Å². The summed E-state index contributed by atoms with van der Waals surface area (Å²) in [5.74, 6) is -0.0443. The summed E-state index contributed by atoms with van der Waals surface area (Å²) in [7, 11) is 0. The van der Waals surface area contributed by atoms with Crippen LogP contribution in [0.5, 0.6) is 0 Å². The van der Waals surface area contributed by atoms with E-state index in [1.165, 1.54) is 0 Å². The molecule has 0 unspecified atom stereocenters. The molecule has 88 valence electrons. The van der Waals surface area contributed by atoms with Gasteiger partial charge < -0.3 is 5.32 Å². The lowest BCUT2D eigenvalue weighted by Crippen LogP contribution is -2.13. The Balaban J connectivity index is 2.22. The number of amides is 1. The van der Waals surface area contributed by atoms with Crippen molar-refractivity contribution >= 4 is 38.9 Å². The number of rotatable bonds is 3. The van der Waals surface area contributed by atoms with Gasteiger partial charge in [-0.2, -0.15) is 11.3 Å². The van der Waals surface area contributed by atoms with E-state index < -0.39 is 0 Å². The summed E-state index contributed by atoms with van der Waals surface area (Å²) in [6, 6.07) is 7.78. The zero-order valence-corrected chi connectivity index (χ0v) is 11.8. The van der Waals surface area contributed by atoms with E-state index in [4.69, 9.17) is 0 Å². The normalized spacial score (nSPS) is 10.2. The average Bonchev–Trinajstić information content (AvgIpc) is 2.76. The largest absolute Gasteiger partial charge is 0.322 e. The maximum atomic E-state index is 12.0. The number of para-hydroxylation sites is 1. The first kappa shape index (κ1) is 12.3. The van der Waals surface area contributed by atoms with Gasteiger partial charge in [-0.05, 0) is 29.5 Å². The Morgan fingerprint density at radius 1 is 1.35 bits per heavy atom. The molecule has 0 saturated heterocycles. The molecule has 0 atom stereocenters. The van der Waals surface area contributed by atoms with Crippen molar-refractivity contribution in [2.45, 2.75) is 12.3 Å². The summed E-state index contributed by atoms with van der Waals surface area (Å²) in [5.41, 5.74) is 3.71. The minimum atomic E-state index is -0.0443. The van der Waals surface area contributed by atoms with Gasteiger partial charge in [-0.15, -0.1) is 0 Å². The Morgan fingerprint density at radius 3 is 2.76 bits per heavy atom. The number of halogens is 1. The summed E-state index contributed by atoms with van der Waals surface area (Å²) in [6.07, 6.45) is 0. The van der Waals surface area contributed by atoms with Crippen molar-refractivity contribution in [1.29, 1.82) is 0 Å². The van der Waals surface area contributed by atoms with E-state index in [-0.39, 0.29) is 5.91 Å². The van der Waals surface area contributed by atoms with Crippen LogP contribution in [0.15, 0.2) is 35.0 Å². The van der Waals surface area contributed by atoms with Crippen LogP contribution in [0.3, 0.4) is 0 Å². The highest BCUT2D eigenvalue weighted by Gasteiger charge is 2.11. The van der Waals surface area contributed by atoms with E-state index >= 15 is 0 Å². The van der Waals surface area contributed by atoms with E-state index in [0.29, 0.717) is 0 Å². The lowest BCUT2D eigenvalue weighted by Gasteiger charge is -2.08. The molecule has 0 bridgehead atoms. The Kier molecular flexibility index (Phi) is 3.97. The topological polar surface area (TPSA) is 29.1 Å². The van der Waals surface area contributed by atoms with Gasteiger partial charge in [0.15, 0.2) is 0 Å². The molecule has 0 radical (unpaired) electrons. The lowest BCUT2D eigenvalue weighted by atomic mass is 10.1. The number of aryl methyl sites for hydroxylation is 1. The Bertz CT molecular complexity index is 536. The molecular weight excluding hydrogens is 298 g/mol. The highest BCUT2D eigenvalue weighted by atomic mass is 79.9. The third-order valence-electron chi connectivity index (χ3n) is 2.51. The van der Waals surface area contributed by atoms with Crippen LogP contribution in [0.25, 0.3) is 0 Å². The smallest absolute Gasteiger partial charge is 0.256 e. The quantitative estimate of drug-likeness (QED) is 0.846. The second-order valence-electron chi connectivity index (χ2n) is 3.71. The molecule has 0 aliphatic heterocycles. The first-order valence-electron chi connectivity index (χ1n) is 5.20. The summed E-state index contributed by atoms with van der Waals surface area (Å²) in [4.78, 5) is 12.0. The summed E-state index contributed by atoms with van der Waals surface area (Å²) in [5, 5.41) is 7.52. The number of thiophene rings is 1. The molecule has 0 aliphatic carbocycles. The van der Waals surface area contributed by atoms with Crippen molar-refractivity contribution in [3.8, 4) is 0 Å². The Hall–Kier alpha value is -1.13. The van der Waals surface area contributed by atoms with Crippen LogP contribution < -0.4 is 5.32 Å². The third kappa shape index (κ3) is 2.76. The second kappa shape index (κ2) is 5.47. The first-order valence-corrected chi connectivity index (χ1v) is 7.27. The molecule has 2 aromatic rings. The average molecular weight is 310 g/mol. The maximum Gasteiger partial charge on any atom is 0.256 e. The molecule has 0 aliphatic rings. The van der Waals surface area contributed by atoms with Gasteiger partial charge in [-0.3, -0.25) is 4.79 Å². The molecule has 2 rings (SSSR count). The van der Waals surface area contributed by atoms with Gasteiger partial charge in [0, 0.05) is 16.4 Å². The molecule has 0 saturated carbocycles. The van der Waals surface area contributed by atoms with E-state index in [1.54, 1.807) is 11.3 Å². The van der Waals surface area contributed by atoms with Gasteiger partial charge in [0.25, 0.3) is 5.91 Å². The van der Waals surface area contributed by atoms with Crippen molar-refractivity contribution in [2.24, 2.45) is 0 Å². The van der Waals surface area contributed by atoms with Gasteiger partial charge in [0.2, 0.25) is 0 Å². The van der Waals surface area contributed by atoms with Crippen LogP contribution in [0.4, 0.5) is 5.69 Å². The SMILES string of the molecule is Cc1cscc1C(=O)Nc1ccccc1CBr. The number of carbonyl (C=O) groups is 1. The third-order valence-corrected chi connectivity index (χ3v) is 3.98. The number of nitrogens with one attached hydrogen (secondary N) is 1. The van der Waals surface area contributed by atoms with Crippen LogP contribution in [0.1, 0.15) is 21.5 Å². The minimum Gasteiger partial charge on any atom is -0.322 e. The highest BCUT2D eigenvalue weighted by molar-refractivity contribution is 9.08. The second-order valence-corrected chi connectivity index (χ2v) is 5.02. The van der Waals surface area contributed by atoms with Gasteiger partial charge in [0.1, 0.15) is 0 Å². The zero-order valence-electron chi connectivity index (χ0n) is 9.37. The number of hydrogen-bond acceptors (Lipinski definition) is 2. The van der Waals surface area contributed by atoms with Gasteiger partial charge in [0.05, 0.1) is 5.56 Å². The molecule has 17 heavy (non-hydrogen) atoms. The molecule has 1 aromatic carbocycles. The number of alkyl halides is 1. The van der Waals surface area contributed by atoms with E-state index in [9.17, 15) is 4.79 Å². The molecule has 2 nitrogen and oxygen atoms in total. The van der Waals surface area contributed by atoms with Crippen molar-refractivity contribution < 1.29 is 4.79 Å². The minimum absolute atomic E-state index is 0.0443. The monoisotopic (exact) mass is 309 g/mol. The van der Waals surface area contributed by atoms with Crippen LogP contribution in [-0.4, -0.2) is 5.91 Å². The van der Waals surface area contributed by atoms with E-state index in [2.05, 4.69) is 21.2 Å². The number of anilines is 1. The molecule has 0 fully saturated rings. The standard InChI is InChI=1S/C13H12BrNOS/c1-9-7-17-8-11(9)13(16)15-12-5-3-2-4-10(12)6-14/h2-5,7-8H,6H2,1H3,(H,15,16).